The molecule has 3 rings (SSSR count). The number of rotatable bonds is 5. The highest BCUT2D eigenvalue weighted by atomic mass is 32.1. The third-order valence-electron chi connectivity index (χ3n) is 3.32. The Kier molecular flexibility index (Phi) is 3.80. The van der Waals surface area contributed by atoms with E-state index in [2.05, 4.69) is 9.97 Å². The van der Waals surface area contributed by atoms with E-state index >= 15 is 0 Å². The van der Waals surface area contributed by atoms with E-state index in [1.165, 1.54) is 0 Å². The van der Waals surface area contributed by atoms with Crippen LogP contribution in [0, 0.1) is 12.8 Å². The predicted molar refractivity (Wildman–Crippen MR) is 74.7 cm³/mol. The lowest BCUT2D eigenvalue weighted by Crippen LogP contribution is -2.10. The second kappa shape index (κ2) is 5.38. The van der Waals surface area contributed by atoms with Crippen LogP contribution in [0.1, 0.15) is 28.6 Å². The first-order valence-corrected chi connectivity index (χ1v) is 8.08. The van der Waals surface area contributed by atoms with Crippen LogP contribution < -0.4 is 0 Å². The Morgan fingerprint density at radius 2 is 2.14 bits per heavy atom. The monoisotopic (exact) mass is 350 g/mol. The van der Waals surface area contributed by atoms with Gasteiger partial charge in [0.05, 0.1) is 28.6 Å². The van der Waals surface area contributed by atoms with Gasteiger partial charge in [-0.2, -0.15) is 0 Å². The number of hydrogen-bond acceptors (Lipinski definition) is 5. The molecule has 3 nitrogen and oxygen atoms in total. The van der Waals surface area contributed by atoms with Crippen LogP contribution in [0.3, 0.4) is 0 Å². The number of alkyl halides is 4. The van der Waals surface area contributed by atoms with Gasteiger partial charge in [0.15, 0.2) is 5.01 Å². The molecule has 0 aromatic carbocycles. The number of carbonyl (C=O) groups is 1. The molecule has 1 saturated carbocycles. The van der Waals surface area contributed by atoms with Crippen LogP contribution in [0.5, 0.6) is 0 Å². The quantitative estimate of drug-likeness (QED) is 0.756. The van der Waals surface area contributed by atoms with Gasteiger partial charge < -0.3 is 0 Å². The summed E-state index contributed by atoms with van der Waals surface area (Å²) >= 11 is 2.01. The van der Waals surface area contributed by atoms with E-state index in [4.69, 9.17) is 0 Å². The zero-order chi connectivity index (χ0) is 16.1. The smallest absolute Gasteiger partial charge is 0.289 e. The van der Waals surface area contributed by atoms with Gasteiger partial charge in [-0.15, -0.1) is 22.7 Å². The minimum absolute atomic E-state index is 0.148. The highest BCUT2D eigenvalue weighted by molar-refractivity contribution is 7.16. The van der Waals surface area contributed by atoms with E-state index in [0.29, 0.717) is 21.3 Å². The average molecular weight is 350 g/mol. The van der Waals surface area contributed by atoms with Crippen molar-refractivity contribution < 1.29 is 22.4 Å². The highest BCUT2D eigenvalue weighted by Crippen LogP contribution is 2.49. The van der Waals surface area contributed by atoms with Gasteiger partial charge in [-0.25, -0.2) is 27.5 Å². The Labute approximate surface area is 131 Å². The Hall–Kier alpha value is -1.35. The Morgan fingerprint density at radius 3 is 2.68 bits per heavy atom. The maximum atomic E-state index is 12.8. The summed E-state index contributed by atoms with van der Waals surface area (Å²) in [6.45, 7) is 1.60. The number of carbonyl (C=O) groups excluding carboxylic acids is 1. The summed E-state index contributed by atoms with van der Waals surface area (Å²) in [6, 6.07) is 0. The van der Waals surface area contributed by atoms with Crippen molar-refractivity contribution in [1.82, 2.24) is 9.97 Å². The molecule has 22 heavy (non-hydrogen) atoms. The molecule has 0 saturated heterocycles. The van der Waals surface area contributed by atoms with Crippen LogP contribution in [0.15, 0.2) is 5.38 Å². The lowest BCUT2D eigenvalue weighted by atomic mass is 10.2. The number of aromatic nitrogens is 2. The van der Waals surface area contributed by atoms with Crippen LogP contribution >= 0.6 is 22.7 Å². The van der Waals surface area contributed by atoms with Crippen molar-refractivity contribution in [3.05, 3.63) is 21.1 Å². The molecule has 0 radical (unpaired) electrons. The fraction of sp³-hybridized carbons (Fsp3) is 0.462. The van der Waals surface area contributed by atoms with Gasteiger partial charge in [-0.3, -0.25) is 4.79 Å². The first kappa shape index (κ1) is 15.5. The van der Waals surface area contributed by atoms with Crippen LogP contribution in [0.4, 0.5) is 17.6 Å². The molecule has 1 fully saturated rings. The number of halogens is 4. The molecule has 0 aliphatic heterocycles. The molecule has 1 aliphatic carbocycles. The maximum absolute atomic E-state index is 12.8. The average Bonchev–Trinajstić information content (AvgIpc) is 2.80. The second-order valence-corrected chi connectivity index (χ2v) is 7.03. The van der Waals surface area contributed by atoms with Crippen molar-refractivity contribution in [3.63, 3.8) is 0 Å². The number of thiazole rings is 2. The van der Waals surface area contributed by atoms with Gasteiger partial charge in [0.25, 0.3) is 12.3 Å². The molecule has 9 heteroatoms. The minimum atomic E-state index is -2.88. The van der Waals surface area contributed by atoms with Crippen molar-refractivity contribution in [3.8, 4) is 10.6 Å². The van der Waals surface area contributed by atoms with Crippen molar-refractivity contribution in [1.29, 1.82) is 0 Å². The molecule has 2 aromatic rings. The second-order valence-electron chi connectivity index (χ2n) is 5.05. The van der Waals surface area contributed by atoms with Gasteiger partial charge in [-0.05, 0) is 6.92 Å². The summed E-state index contributed by atoms with van der Waals surface area (Å²) < 4.78 is 50.9. The molecular formula is C13H10F4N2OS2. The molecular weight excluding hydrogens is 340 g/mol. The summed E-state index contributed by atoms with van der Waals surface area (Å²) in [5.74, 6) is -4.60. The van der Waals surface area contributed by atoms with E-state index < -0.39 is 30.5 Å². The lowest BCUT2D eigenvalue weighted by Gasteiger charge is -1.96. The van der Waals surface area contributed by atoms with Gasteiger partial charge in [0.2, 0.25) is 0 Å². The van der Waals surface area contributed by atoms with Crippen molar-refractivity contribution in [2.45, 2.75) is 32.1 Å². The molecule has 0 N–H and O–H groups in total. The first-order chi connectivity index (χ1) is 10.3. The Bertz CT molecular complexity index is 725. The Balaban J connectivity index is 1.75. The molecule has 0 spiro atoms. The highest BCUT2D eigenvalue weighted by Gasteiger charge is 2.60. The third kappa shape index (κ3) is 2.91. The third-order valence-corrected chi connectivity index (χ3v) is 5.36. The van der Waals surface area contributed by atoms with Crippen molar-refractivity contribution >= 4 is 28.5 Å². The van der Waals surface area contributed by atoms with Gasteiger partial charge in [-0.1, -0.05) is 0 Å². The SMILES string of the molecule is Cc1nc(C(F)F)sc1-c1csc(CC(=O)C2CC2(F)F)n1. The van der Waals surface area contributed by atoms with Gasteiger partial charge in [0, 0.05) is 11.8 Å². The van der Waals surface area contributed by atoms with E-state index in [1.807, 2.05) is 0 Å². The molecule has 0 bridgehead atoms. The minimum Gasteiger partial charge on any atom is -0.299 e. The van der Waals surface area contributed by atoms with Crippen molar-refractivity contribution in [2.75, 3.05) is 0 Å². The number of aryl methyl sites for hydroxylation is 1. The molecule has 118 valence electrons. The largest absolute Gasteiger partial charge is 0.299 e. The molecule has 0 amide bonds. The summed E-state index contributed by atoms with van der Waals surface area (Å²) in [4.78, 5) is 20.2. The van der Waals surface area contributed by atoms with E-state index in [1.54, 1.807) is 12.3 Å². The van der Waals surface area contributed by atoms with Crippen LogP contribution in [-0.2, 0) is 11.2 Å². The zero-order valence-corrected chi connectivity index (χ0v) is 12.9. The normalized spacial score (nSPS) is 19.6. The number of Topliss-reactive ketones (excluding diaryl/α,β-unsaturated/α-hetero) is 1. The lowest BCUT2D eigenvalue weighted by molar-refractivity contribution is -0.121. The molecule has 1 aliphatic rings. The van der Waals surface area contributed by atoms with E-state index in [-0.39, 0.29) is 11.4 Å². The van der Waals surface area contributed by atoms with Crippen LogP contribution in [-0.4, -0.2) is 21.7 Å². The maximum Gasteiger partial charge on any atom is 0.289 e. The number of nitrogens with zero attached hydrogens (tertiary/aromatic N) is 2. The molecule has 2 aromatic heterocycles. The fourth-order valence-corrected chi connectivity index (χ4v) is 3.83. The molecule has 1 unspecified atom stereocenters. The van der Waals surface area contributed by atoms with Crippen LogP contribution in [0.2, 0.25) is 0 Å². The summed E-state index contributed by atoms with van der Waals surface area (Å²) in [6.07, 6.45) is -3.19. The standard InChI is InChI=1S/C13H10F4N2OS2/c1-5-10(22-12(18-5)11(14)15)7-4-21-9(19-7)2-8(20)6-3-13(6,16)17/h4,6,11H,2-3H2,1H3. The fourth-order valence-electron chi connectivity index (χ4n) is 2.08. The first-order valence-electron chi connectivity index (χ1n) is 6.38. The zero-order valence-electron chi connectivity index (χ0n) is 11.3. The number of hydrogen-bond donors (Lipinski definition) is 0. The van der Waals surface area contributed by atoms with Gasteiger partial charge in [0.1, 0.15) is 10.8 Å². The van der Waals surface area contributed by atoms with Gasteiger partial charge >= 0.3 is 0 Å². The van der Waals surface area contributed by atoms with Crippen molar-refractivity contribution in [2.24, 2.45) is 5.92 Å². The summed E-state index contributed by atoms with van der Waals surface area (Å²) in [7, 11) is 0. The Morgan fingerprint density at radius 1 is 1.45 bits per heavy atom. The summed E-state index contributed by atoms with van der Waals surface area (Å²) in [5, 5.41) is 1.76. The molecule has 1 atom stereocenters. The van der Waals surface area contributed by atoms with E-state index in [0.717, 1.165) is 22.7 Å². The topological polar surface area (TPSA) is 42.9 Å². The van der Waals surface area contributed by atoms with E-state index in [9.17, 15) is 22.4 Å². The predicted octanol–water partition coefficient (Wildman–Crippen LogP) is 4.28. The number of ketones is 1. The van der Waals surface area contributed by atoms with Crippen LogP contribution in [0.25, 0.3) is 10.6 Å². The summed E-state index contributed by atoms with van der Waals surface area (Å²) in [5.41, 5.74) is 0.898. The molecule has 2 heterocycles.